The number of nitrogens with zero attached hydrogens (tertiary/aromatic N) is 1. The first kappa shape index (κ1) is 21.7. The molecule has 0 saturated heterocycles. The van der Waals surface area contributed by atoms with Gasteiger partial charge in [0, 0.05) is 16.9 Å². The summed E-state index contributed by atoms with van der Waals surface area (Å²) in [5.74, 6) is -0.263. The van der Waals surface area contributed by atoms with E-state index in [-0.39, 0.29) is 5.82 Å². The van der Waals surface area contributed by atoms with E-state index in [1.54, 1.807) is 6.07 Å². The average Bonchev–Trinajstić information content (AvgIpc) is 2.88. The van der Waals surface area contributed by atoms with Gasteiger partial charge in [0.2, 0.25) is 0 Å². The molecule has 0 N–H and O–H groups in total. The van der Waals surface area contributed by atoms with Crippen LogP contribution < -0.4 is 4.90 Å². The lowest BCUT2D eigenvalue weighted by atomic mass is 9.95. The number of hydrogen-bond donors (Lipinski definition) is 0. The normalized spacial score (nSPS) is 10.8. The molecule has 0 amide bonds. The molecule has 0 aliphatic carbocycles. The van der Waals surface area contributed by atoms with Gasteiger partial charge in [-0.15, -0.1) is 0 Å². The summed E-state index contributed by atoms with van der Waals surface area (Å²) in [7, 11) is 0. The number of hydrogen-bond acceptors (Lipinski definition) is 1. The molecule has 0 saturated carbocycles. The molecule has 5 rings (SSSR count). The van der Waals surface area contributed by atoms with Crippen LogP contribution in [-0.4, -0.2) is 0 Å². The first-order chi connectivity index (χ1) is 16.6. The van der Waals surface area contributed by atoms with E-state index in [4.69, 9.17) is 0 Å². The predicted molar refractivity (Wildman–Crippen MR) is 141 cm³/mol. The van der Waals surface area contributed by atoms with Gasteiger partial charge in [-0.1, -0.05) is 96.1 Å². The highest BCUT2D eigenvalue weighted by molar-refractivity contribution is 5.91. The Morgan fingerprint density at radius 2 is 0.971 bits per heavy atom. The van der Waals surface area contributed by atoms with Crippen molar-refractivity contribution in [1.82, 2.24) is 0 Å². The van der Waals surface area contributed by atoms with Crippen LogP contribution >= 0.6 is 0 Å². The van der Waals surface area contributed by atoms with Crippen LogP contribution in [0.5, 0.6) is 0 Å². The molecule has 0 aromatic heterocycles. The molecule has 0 aliphatic rings. The molecule has 0 heterocycles. The molecule has 0 bridgehead atoms. The van der Waals surface area contributed by atoms with E-state index in [2.05, 4.69) is 68.4 Å². The maximum Gasteiger partial charge on any atom is 0.148 e. The van der Waals surface area contributed by atoms with E-state index in [9.17, 15) is 0 Å². The minimum absolute atomic E-state index is 0.263. The third-order valence-electron chi connectivity index (χ3n) is 6.06. The van der Waals surface area contributed by atoms with Crippen LogP contribution in [0.1, 0.15) is 11.1 Å². The highest BCUT2D eigenvalue weighted by Crippen LogP contribution is 2.44. The second-order valence-electron chi connectivity index (χ2n) is 8.59. The Labute approximate surface area is 200 Å². The number of aryl methyl sites for hydroxylation is 2. The maximum absolute atomic E-state index is 16.2. The number of rotatable bonds is 5. The fourth-order valence-electron chi connectivity index (χ4n) is 4.26. The average molecular weight is 444 g/mol. The third kappa shape index (κ3) is 4.35. The van der Waals surface area contributed by atoms with Crippen molar-refractivity contribution in [2.45, 2.75) is 13.8 Å². The highest BCUT2D eigenvalue weighted by Gasteiger charge is 2.22. The summed E-state index contributed by atoms with van der Waals surface area (Å²) in [6.45, 7) is 4.12. The zero-order chi connectivity index (χ0) is 23.5. The molecule has 1 nitrogen and oxygen atoms in total. The SMILES string of the molecule is Cc1ccc(N(c2ccc(C)cc2)c2c(F)cc(-c3ccccc3)cc2-c2ccccc2)cc1. The van der Waals surface area contributed by atoms with Crippen molar-refractivity contribution in [3.8, 4) is 22.3 Å². The van der Waals surface area contributed by atoms with Gasteiger partial charge in [0.05, 0.1) is 5.69 Å². The van der Waals surface area contributed by atoms with Gasteiger partial charge in [-0.25, -0.2) is 4.39 Å². The van der Waals surface area contributed by atoms with Crippen LogP contribution in [0.25, 0.3) is 22.3 Å². The van der Waals surface area contributed by atoms with E-state index in [0.29, 0.717) is 5.69 Å². The van der Waals surface area contributed by atoms with E-state index in [0.717, 1.165) is 44.8 Å². The van der Waals surface area contributed by atoms with Crippen molar-refractivity contribution in [3.05, 3.63) is 138 Å². The third-order valence-corrected chi connectivity index (χ3v) is 6.06. The van der Waals surface area contributed by atoms with Gasteiger partial charge < -0.3 is 4.90 Å². The molecule has 5 aromatic carbocycles. The van der Waals surface area contributed by atoms with Gasteiger partial charge in [-0.3, -0.25) is 0 Å². The minimum Gasteiger partial charge on any atom is -0.307 e. The Morgan fingerprint density at radius 1 is 0.500 bits per heavy atom. The lowest BCUT2D eigenvalue weighted by molar-refractivity contribution is 0.630. The topological polar surface area (TPSA) is 3.24 Å². The number of benzene rings is 5. The fourth-order valence-corrected chi connectivity index (χ4v) is 4.26. The van der Waals surface area contributed by atoms with Crippen LogP contribution in [-0.2, 0) is 0 Å². The summed E-state index contributed by atoms with van der Waals surface area (Å²) in [5.41, 5.74) is 8.36. The Balaban J connectivity index is 1.79. The Morgan fingerprint density at radius 3 is 1.47 bits per heavy atom. The number of halogens is 1. The largest absolute Gasteiger partial charge is 0.307 e. The molecular formula is C32H26FN. The van der Waals surface area contributed by atoms with Crippen molar-refractivity contribution in [1.29, 1.82) is 0 Å². The zero-order valence-corrected chi connectivity index (χ0v) is 19.4. The maximum atomic E-state index is 16.2. The van der Waals surface area contributed by atoms with Crippen molar-refractivity contribution >= 4 is 17.1 Å². The predicted octanol–water partition coefficient (Wildman–Crippen LogP) is 9.25. The van der Waals surface area contributed by atoms with Gasteiger partial charge in [0.25, 0.3) is 0 Å². The minimum atomic E-state index is -0.263. The van der Waals surface area contributed by atoms with Crippen LogP contribution in [0.3, 0.4) is 0 Å². The summed E-state index contributed by atoms with van der Waals surface area (Å²) in [4.78, 5) is 2.02. The molecule has 0 unspecified atom stereocenters. The molecule has 0 spiro atoms. The van der Waals surface area contributed by atoms with Crippen LogP contribution in [0, 0.1) is 19.7 Å². The molecule has 5 aromatic rings. The molecule has 2 heteroatoms. The first-order valence-corrected chi connectivity index (χ1v) is 11.5. The van der Waals surface area contributed by atoms with E-state index in [1.165, 1.54) is 0 Å². The smallest absolute Gasteiger partial charge is 0.148 e. The van der Waals surface area contributed by atoms with Gasteiger partial charge in [-0.2, -0.15) is 0 Å². The van der Waals surface area contributed by atoms with Crippen molar-refractivity contribution in [2.75, 3.05) is 4.90 Å². The zero-order valence-electron chi connectivity index (χ0n) is 19.4. The van der Waals surface area contributed by atoms with Crippen molar-refractivity contribution in [2.24, 2.45) is 0 Å². The molecule has 0 aliphatic heterocycles. The molecule has 34 heavy (non-hydrogen) atoms. The second-order valence-corrected chi connectivity index (χ2v) is 8.59. The lowest BCUT2D eigenvalue weighted by Gasteiger charge is -2.29. The fraction of sp³-hybridized carbons (Fsp3) is 0.0625. The van der Waals surface area contributed by atoms with Gasteiger partial charge in [-0.05, 0) is 66.9 Å². The van der Waals surface area contributed by atoms with Crippen molar-refractivity contribution < 1.29 is 4.39 Å². The molecule has 0 radical (unpaired) electrons. The molecular weight excluding hydrogens is 417 g/mol. The molecule has 0 atom stereocenters. The summed E-state index contributed by atoms with van der Waals surface area (Å²) < 4.78 is 16.2. The monoisotopic (exact) mass is 443 g/mol. The van der Waals surface area contributed by atoms with Gasteiger partial charge in [0.1, 0.15) is 5.82 Å². The highest BCUT2D eigenvalue weighted by atomic mass is 19.1. The summed E-state index contributed by atoms with van der Waals surface area (Å²) in [6.07, 6.45) is 0. The van der Waals surface area contributed by atoms with Gasteiger partial charge in [0.15, 0.2) is 0 Å². The first-order valence-electron chi connectivity index (χ1n) is 11.5. The quantitative estimate of drug-likeness (QED) is 0.262. The Hall–Kier alpha value is -4.17. The summed E-state index contributed by atoms with van der Waals surface area (Å²) >= 11 is 0. The number of anilines is 3. The van der Waals surface area contributed by atoms with Crippen molar-refractivity contribution in [3.63, 3.8) is 0 Å². The van der Waals surface area contributed by atoms with Gasteiger partial charge >= 0.3 is 0 Å². The summed E-state index contributed by atoms with van der Waals surface area (Å²) in [6, 6.07) is 40.2. The molecule has 0 fully saturated rings. The Kier molecular flexibility index (Phi) is 5.97. The second kappa shape index (κ2) is 9.36. The van der Waals surface area contributed by atoms with E-state index >= 15 is 4.39 Å². The van der Waals surface area contributed by atoms with Crippen LogP contribution in [0.15, 0.2) is 121 Å². The van der Waals surface area contributed by atoms with Crippen LogP contribution in [0.4, 0.5) is 21.5 Å². The Bertz CT molecular complexity index is 1340. The van der Waals surface area contributed by atoms with E-state index < -0.39 is 0 Å². The lowest BCUT2D eigenvalue weighted by Crippen LogP contribution is -2.13. The molecule has 166 valence electrons. The standard InChI is InChI=1S/C32H26FN/c1-23-13-17-28(18-14-23)34(29-19-15-24(2)16-20-29)32-30(26-11-7-4-8-12-26)21-27(22-31(32)33)25-9-5-3-6-10-25/h3-22H,1-2H3. The summed E-state index contributed by atoms with van der Waals surface area (Å²) in [5, 5.41) is 0. The van der Waals surface area contributed by atoms with E-state index in [1.807, 2.05) is 65.6 Å². The van der Waals surface area contributed by atoms with Crippen LogP contribution in [0.2, 0.25) is 0 Å².